The van der Waals surface area contributed by atoms with Crippen molar-refractivity contribution in [2.75, 3.05) is 0 Å². The third kappa shape index (κ3) is 3.92. The number of halogens is 1. The van der Waals surface area contributed by atoms with Crippen molar-refractivity contribution in [2.45, 2.75) is 0 Å². The molecule has 0 atom stereocenters. The molecule has 0 saturated heterocycles. The van der Waals surface area contributed by atoms with Crippen LogP contribution in [0, 0.1) is 0 Å². The normalized spacial score (nSPS) is 10.3. The summed E-state index contributed by atoms with van der Waals surface area (Å²) in [6, 6.07) is 24.9. The summed E-state index contributed by atoms with van der Waals surface area (Å²) in [5, 5.41) is 20.2. The van der Waals surface area contributed by atoms with Gasteiger partial charge in [-0.2, -0.15) is 0 Å². The van der Waals surface area contributed by atoms with Crippen LogP contribution in [0.3, 0.4) is 0 Å². The highest BCUT2D eigenvalue weighted by atomic mass is 35.5. The van der Waals surface area contributed by atoms with Crippen LogP contribution >= 0.6 is 11.6 Å². The maximum Gasteiger partial charge on any atom is 0.488 e. The van der Waals surface area contributed by atoms with Crippen molar-refractivity contribution in [1.29, 1.82) is 0 Å². The van der Waals surface area contributed by atoms with Gasteiger partial charge in [0.05, 0.1) is 11.0 Å². The minimum absolute atomic E-state index is 0.449. The van der Waals surface area contributed by atoms with Crippen LogP contribution in [0.25, 0.3) is 21.8 Å². The van der Waals surface area contributed by atoms with E-state index in [9.17, 15) is 0 Å². The molecular formula is C19H15BClNO2. The number of pyridine rings is 1. The first kappa shape index (κ1) is 16.5. The van der Waals surface area contributed by atoms with Gasteiger partial charge in [0.1, 0.15) is 0 Å². The molecule has 3 nitrogen and oxygen atoms in total. The maximum atomic E-state index is 8.63. The fraction of sp³-hybridized carbons (Fsp3) is 0. The third-order valence-corrected chi connectivity index (χ3v) is 3.85. The Morgan fingerprint density at radius 1 is 0.708 bits per heavy atom. The van der Waals surface area contributed by atoms with Gasteiger partial charge in [-0.3, -0.25) is 0 Å². The number of fused-ring (bicyclic) bond motifs is 2. The van der Waals surface area contributed by atoms with Gasteiger partial charge in [-0.15, -0.1) is 0 Å². The number of hydrogen-bond donors (Lipinski definition) is 2. The van der Waals surface area contributed by atoms with Crippen molar-refractivity contribution in [3.63, 3.8) is 0 Å². The van der Waals surface area contributed by atoms with E-state index in [-0.39, 0.29) is 0 Å². The van der Waals surface area contributed by atoms with Gasteiger partial charge >= 0.3 is 7.12 Å². The number of hydrogen-bond acceptors (Lipinski definition) is 3. The first-order valence-corrected chi connectivity index (χ1v) is 7.87. The summed E-state index contributed by atoms with van der Waals surface area (Å²) < 4.78 is 0. The molecule has 2 N–H and O–H groups in total. The summed E-state index contributed by atoms with van der Waals surface area (Å²) >= 11 is 5.55. The van der Waals surface area contributed by atoms with E-state index >= 15 is 0 Å². The van der Waals surface area contributed by atoms with Crippen LogP contribution in [0.1, 0.15) is 0 Å². The molecule has 1 heterocycles. The van der Waals surface area contributed by atoms with Gasteiger partial charge < -0.3 is 10.0 Å². The van der Waals surface area contributed by atoms with Crippen LogP contribution in [-0.4, -0.2) is 22.2 Å². The molecule has 5 heteroatoms. The molecule has 4 aromatic rings. The van der Waals surface area contributed by atoms with Crippen LogP contribution < -0.4 is 5.46 Å². The van der Waals surface area contributed by atoms with Crippen molar-refractivity contribution in [3.8, 4) is 0 Å². The van der Waals surface area contributed by atoms with E-state index in [1.54, 1.807) is 24.3 Å². The van der Waals surface area contributed by atoms with Crippen LogP contribution in [0.15, 0.2) is 78.9 Å². The van der Waals surface area contributed by atoms with Crippen molar-refractivity contribution in [3.05, 3.63) is 83.9 Å². The van der Waals surface area contributed by atoms with Crippen LogP contribution in [0.2, 0.25) is 5.02 Å². The molecule has 0 aliphatic carbocycles. The zero-order valence-corrected chi connectivity index (χ0v) is 13.6. The van der Waals surface area contributed by atoms with Crippen LogP contribution in [0.4, 0.5) is 0 Å². The predicted octanol–water partition coefficient (Wildman–Crippen LogP) is 3.41. The van der Waals surface area contributed by atoms with Crippen LogP contribution in [-0.2, 0) is 0 Å². The van der Waals surface area contributed by atoms with Crippen molar-refractivity contribution >= 4 is 46.0 Å². The molecule has 0 saturated carbocycles. The number of benzene rings is 3. The lowest BCUT2D eigenvalue weighted by Gasteiger charge is -1.99. The largest absolute Gasteiger partial charge is 0.488 e. The Morgan fingerprint density at radius 3 is 1.71 bits per heavy atom. The van der Waals surface area contributed by atoms with Gasteiger partial charge in [0.15, 0.2) is 0 Å². The highest BCUT2D eigenvalue weighted by Crippen LogP contribution is 2.18. The summed E-state index contributed by atoms with van der Waals surface area (Å²) in [4.78, 5) is 4.58. The van der Waals surface area contributed by atoms with E-state index in [4.69, 9.17) is 21.6 Å². The molecule has 0 amide bonds. The molecule has 0 radical (unpaired) electrons. The lowest BCUT2D eigenvalue weighted by Crippen LogP contribution is -2.29. The predicted molar refractivity (Wildman–Crippen MR) is 101 cm³/mol. The second-order valence-corrected chi connectivity index (χ2v) is 5.74. The smallest absolute Gasteiger partial charge is 0.423 e. The third-order valence-electron chi connectivity index (χ3n) is 3.59. The fourth-order valence-corrected chi connectivity index (χ4v) is 2.48. The Morgan fingerprint density at radius 2 is 1.21 bits per heavy atom. The Bertz CT molecular complexity index is 853. The summed E-state index contributed by atoms with van der Waals surface area (Å²) in [6.07, 6.45) is 0. The average Bonchev–Trinajstić information content (AvgIpc) is 2.61. The Hall–Kier alpha value is -2.40. The Balaban J connectivity index is 0.000000150. The zero-order valence-electron chi connectivity index (χ0n) is 12.8. The van der Waals surface area contributed by atoms with Crippen LogP contribution in [0.5, 0.6) is 0 Å². The molecule has 0 spiro atoms. The van der Waals surface area contributed by atoms with E-state index in [1.807, 2.05) is 36.4 Å². The monoisotopic (exact) mass is 335 g/mol. The van der Waals surface area contributed by atoms with Crippen molar-refractivity contribution < 1.29 is 10.0 Å². The van der Waals surface area contributed by atoms with Gasteiger partial charge in [-0.05, 0) is 35.8 Å². The zero-order chi connectivity index (χ0) is 16.9. The standard InChI is InChI=1S/C13H9N.C6H6BClO2/c1-3-7-12-10(5-1)9-11-6-2-4-8-13(11)14-12;8-6-3-1-5(2-4-6)7(9)10/h1-9H;1-4,9-10H. The van der Waals surface area contributed by atoms with E-state index in [0.717, 1.165) is 11.0 Å². The number of para-hydroxylation sites is 2. The van der Waals surface area contributed by atoms with Gasteiger partial charge in [0, 0.05) is 15.8 Å². The summed E-state index contributed by atoms with van der Waals surface area (Å²) in [6.45, 7) is 0. The lowest BCUT2D eigenvalue weighted by atomic mass is 9.81. The number of aromatic nitrogens is 1. The molecule has 3 aromatic carbocycles. The molecule has 4 rings (SSSR count). The highest BCUT2D eigenvalue weighted by molar-refractivity contribution is 6.58. The summed E-state index contributed by atoms with van der Waals surface area (Å²) in [5.41, 5.74) is 2.57. The molecule has 24 heavy (non-hydrogen) atoms. The Kier molecular flexibility index (Phi) is 5.11. The molecule has 1 aromatic heterocycles. The molecular weight excluding hydrogens is 320 g/mol. The first-order chi connectivity index (χ1) is 11.6. The quantitative estimate of drug-likeness (QED) is 0.414. The van der Waals surface area contributed by atoms with E-state index in [1.165, 1.54) is 10.8 Å². The van der Waals surface area contributed by atoms with Gasteiger partial charge in [0.2, 0.25) is 0 Å². The average molecular weight is 336 g/mol. The molecule has 0 aliphatic heterocycles. The fourth-order valence-electron chi connectivity index (χ4n) is 2.36. The minimum atomic E-state index is -1.41. The van der Waals surface area contributed by atoms with Crippen molar-refractivity contribution in [2.24, 2.45) is 0 Å². The number of rotatable bonds is 1. The highest BCUT2D eigenvalue weighted by Gasteiger charge is 2.08. The molecule has 0 aliphatic rings. The molecule has 0 unspecified atom stereocenters. The molecule has 118 valence electrons. The van der Waals surface area contributed by atoms with E-state index in [0.29, 0.717) is 10.5 Å². The second-order valence-electron chi connectivity index (χ2n) is 5.30. The minimum Gasteiger partial charge on any atom is -0.423 e. The Labute approximate surface area is 145 Å². The van der Waals surface area contributed by atoms with Gasteiger partial charge in [-0.25, -0.2) is 4.98 Å². The first-order valence-electron chi connectivity index (χ1n) is 7.49. The number of nitrogens with zero attached hydrogens (tertiary/aromatic N) is 1. The topological polar surface area (TPSA) is 53.4 Å². The van der Waals surface area contributed by atoms with E-state index in [2.05, 4.69) is 23.2 Å². The molecule has 0 fully saturated rings. The molecule has 0 bridgehead atoms. The SMILES string of the molecule is OB(O)c1ccc(Cl)cc1.c1ccc2nc3ccccc3cc2c1. The summed E-state index contributed by atoms with van der Waals surface area (Å²) in [7, 11) is -1.41. The van der Waals surface area contributed by atoms with E-state index < -0.39 is 7.12 Å². The second kappa shape index (κ2) is 7.45. The van der Waals surface area contributed by atoms with Crippen molar-refractivity contribution in [1.82, 2.24) is 4.98 Å². The maximum absolute atomic E-state index is 8.63. The summed E-state index contributed by atoms with van der Waals surface area (Å²) in [5.74, 6) is 0. The lowest BCUT2D eigenvalue weighted by molar-refractivity contribution is 0.426. The van der Waals surface area contributed by atoms with Gasteiger partial charge in [0.25, 0.3) is 0 Å². The van der Waals surface area contributed by atoms with Gasteiger partial charge in [-0.1, -0.05) is 60.1 Å².